The highest BCUT2D eigenvalue weighted by atomic mass is 16.3. The summed E-state index contributed by atoms with van der Waals surface area (Å²) in [6, 6.07) is 15.9. The molecule has 0 fully saturated rings. The van der Waals surface area contributed by atoms with Crippen LogP contribution in [0, 0.1) is 0 Å². The van der Waals surface area contributed by atoms with E-state index < -0.39 is 0 Å². The van der Waals surface area contributed by atoms with Crippen molar-refractivity contribution < 1.29 is 4.42 Å². The van der Waals surface area contributed by atoms with E-state index in [1.807, 2.05) is 54.7 Å². The van der Waals surface area contributed by atoms with Crippen molar-refractivity contribution in [1.29, 1.82) is 0 Å². The number of aliphatic imine (C=N–C) groups is 1. The number of nitrogens with zero attached hydrogens (tertiary/aromatic N) is 2. The first-order valence-corrected chi connectivity index (χ1v) is 6.67. The lowest BCUT2D eigenvalue weighted by molar-refractivity contribution is 0.572. The van der Waals surface area contributed by atoms with E-state index >= 15 is 0 Å². The van der Waals surface area contributed by atoms with Crippen molar-refractivity contribution in [2.75, 3.05) is 0 Å². The molecule has 0 bridgehead atoms. The molecule has 0 saturated heterocycles. The first-order chi connectivity index (χ1) is 10.3. The van der Waals surface area contributed by atoms with Crippen molar-refractivity contribution in [2.45, 2.75) is 6.54 Å². The van der Waals surface area contributed by atoms with Crippen LogP contribution in [0.5, 0.6) is 0 Å². The fraction of sp³-hybridized carbons (Fsp3) is 0.0588. The fourth-order valence-electron chi connectivity index (χ4n) is 1.96. The molecule has 0 saturated carbocycles. The minimum absolute atomic E-state index is 0.556. The molecule has 0 radical (unpaired) electrons. The molecule has 1 heterocycles. The van der Waals surface area contributed by atoms with Gasteiger partial charge in [-0.25, -0.2) is 4.98 Å². The van der Waals surface area contributed by atoms with Gasteiger partial charge in [-0.15, -0.1) is 0 Å². The molecule has 0 unspecified atom stereocenters. The van der Waals surface area contributed by atoms with Gasteiger partial charge < -0.3 is 10.2 Å². The predicted molar refractivity (Wildman–Crippen MR) is 83.5 cm³/mol. The van der Waals surface area contributed by atoms with Gasteiger partial charge in [-0.05, 0) is 35.4 Å². The maximum absolute atomic E-state index is 5.57. The van der Waals surface area contributed by atoms with Crippen LogP contribution in [0.1, 0.15) is 11.1 Å². The van der Waals surface area contributed by atoms with Crippen molar-refractivity contribution in [3.8, 4) is 11.3 Å². The van der Waals surface area contributed by atoms with E-state index in [0.717, 1.165) is 28.1 Å². The van der Waals surface area contributed by atoms with Crippen LogP contribution in [0.2, 0.25) is 0 Å². The van der Waals surface area contributed by atoms with Crippen molar-refractivity contribution in [3.63, 3.8) is 0 Å². The van der Waals surface area contributed by atoms with Gasteiger partial charge in [-0.3, -0.25) is 4.99 Å². The van der Waals surface area contributed by atoms with Gasteiger partial charge in [-0.2, -0.15) is 0 Å². The number of rotatable bonds is 4. The van der Waals surface area contributed by atoms with E-state index in [1.165, 1.54) is 6.39 Å². The molecule has 3 rings (SSSR count). The largest absolute Gasteiger partial charge is 0.444 e. The zero-order valence-corrected chi connectivity index (χ0v) is 11.4. The molecule has 1 aromatic heterocycles. The number of benzene rings is 2. The Morgan fingerprint density at radius 1 is 1.05 bits per heavy atom. The van der Waals surface area contributed by atoms with Crippen LogP contribution < -0.4 is 5.73 Å². The van der Waals surface area contributed by atoms with Gasteiger partial charge in [0.05, 0.1) is 11.9 Å². The van der Waals surface area contributed by atoms with Gasteiger partial charge in [0.1, 0.15) is 0 Å². The number of hydrogen-bond donors (Lipinski definition) is 1. The molecule has 0 atom stereocenters. The van der Waals surface area contributed by atoms with Crippen LogP contribution in [0.25, 0.3) is 11.3 Å². The van der Waals surface area contributed by atoms with E-state index in [0.29, 0.717) is 6.54 Å². The Bertz CT molecular complexity index is 714. The average molecular weight is 277 g/mol. The lowest BCUT2D eigenvalue weighted by Gasteiger charge is -1.99. The summed E-state index contributed by atoms with van der Waals surface area (Å²) in [6.45, 7) is 0.556. The molecule has 0 aliphatic carbocycles. The number of aromatic nitrogens is 1. The molecule has 0 aliphatic rings. The Morgan fingerprint density at radius 2 is 1.81 bits per heavy atom. The lowest BCUT2D eigenvalue weighted by atomic mass is 10.1. The maximum Gasteiger partial charge on any atom is 0.181 e. The van der Waals surface area contributed by atoms with Crippen LogP contribution in [0.4, 0.5) is 5.69 Å². The Balaban J connectivity index is 1.73. The molecule has 2 N–H and O–H groups in total. The third-order valence-electron chi connectivity index (χ3n) is 3.16. The van der Waals surface area contributed by atoms with Crippen LogP contribution in [-0.4, -0.2) is 11.2 Å². The second-order valence-corrected chi connectivity index (χ2v) is 4.62. The lowest BCUT2D eigenvalue weighted by Crippen LogP contribution is -1.95. The second-order valence-electron chi connectivity index (χ2n) is 4.62. The zero-order chi connectivity index (χ0) is 14.5. The normalized spacial score (nSPS) is 11.1. The summed E-state index contributed by atoms with van der Waals surface area (Å²) in [5, 5.41) is 0. The highest BCUT2D eigenvalue weighted by Crippen LogP contribution is 2.22. The van der Waals surface area contributed by atoms with Crippen molar-refractivity contribution in [1.82, 2.24) is 4.98 Å². The average Bonchev–Trinajstić information content (AvgIpc) is 3.08. The fourth-order valence-corrected chi connectivity index (χ4v) is 1.96. The van der Waals surface area contributed by atoms with Crippen molar-refractivity contribution in [2.24, 2.45) is 10.7 Å². The SMILES string of the molecule is NCc1ccc(C=Nc2ccc(-c3cnco3)cc2)cc1. The summed E-state index contributed by atoms with van der Waals surface area (Å²) in [7, 11) is 0. The third kappa shape index (κ3) is 3.24. The highest BCUT2D eigenvalue weighted by Gasteiger charge is 2.00. The monoisotopic (exact) mass is 277 g/mol. The summed E-state index contributed by atoms with van der Waals surface area (Å²) >= 11 is 0. The molecule has 0 amide bonds. The molecule has 4 heteroatoms. The molecule has 21 heavy (non-hydrogen) atoms. The molecular formula is C17H15N3O. The summed E-state index contributed by atoms with van der Waals surface area (Å²) in [6.07, 6.45) is 4.95. The van der Waals surface area contributed by atoms with Gasteiger partial charge >= 0.3 is 0 Å². The van der Waals surface area contributed by atoms with Gasteiger partial charge in [0, 0.05) is 18.3 Å². The van der Waals surface area contributed by atoms with Crippen LogP contribution in [0.15, 0.2) is 70.5 Å². The molecule has 4 nitrogen and oxygen atoms in total. The van der Waals surface area contributed by atoms with Crippen LogP contribution in [0.3, 0.4) is 0 Å². The topological polar surface area (TPSA) is 64.4 Å². The molecule has 0 spiro atoms. The Morgan fingerprint density at radius 3 is 2.43 bits per heavy atom. The Hall–Kier alpha value is -2.72. The quantitative estimate of drug-likeness (QED) is 0.742. The van der Waals surface area contributed by atoms with E-state index in [1.54, 1.807) is 6.20 Å². The molecule has 3 aromatic rings. The van der Waals surface area contributed by atoms with Crippen molar-refractivity contribution in [3.05, 3.63) is 72.2 Å². The predicted octanol–water partition coefficient (Wildman–Crippen LogP) is 3.55. The second kappa shape index (κ2) is 6.15. The molecule has 0 aliphatic heterocycles. The van der Waals surface area contributed by atoms with E-state index in [2.05, 4.69) is 9.98 Å². The minimum atomic E-state index is 0.556. The molecular weight excluding hydrogens is 262 g/mol. The summed E-state index contributed by atoms with van der Waals surface area (Å²) in [4.78, 5) is 8.36. The maximum atomic E-state index is 5.57. The minimum Gasteiger partial charge on any atom is -0.444 e. The van der Waals surface area contributed by atoms with Crippen molar-refractivity contribution >= 4 is 11.9 Å². The standard InChI is InChI=1S/C17H15N3O/c18-9-13-1-3-14(4-2-13)10-20-16-7-5-15(6-8-16)17-11-19-12-21-17/h1-8,10-12H,9,18H2. The van der Waals surface area contributed by atoms with Gasteiger partial charge in [-0.1, -0.05) is 24.3 Å². The smallest absolute Gasteiger partial charge is 0.181 e. The number of oxazole rings is 1. The third-order valence-corrected chi connectivity index (χ3v) is 3.16. The summed E-state index contributed by atoms with van der Waals surface area (Å²) < 4.78 is 5.25. The van der Waals surface area contributed by atoms with Gasteiger partial charge in [0.25, 0.3) is 0 Å². The van der Waals surface area contributed by atoms with Gasteiger partial charge in [0.15, 0.2) is 12.2 Å². The van der Waals surface area contributed by atoms with E-state index in [4.69, 9.17) is 10.2 Å². The number of hydrogen-bond acceptors (Lipinski definition) is 4. The first kappa shape index (κ1) is 13.3. The van der Waals surface area contributed by atoms with Gasteiger partial charge in [0.2, 0.25) is 0 Å². The Kier molecular flexibility index (Phi) is 3.89. The van der Waals surface area contributed by atoms with E-state index in [9.17, 15) is 0 Å². The van der Waals surface area contributed by atoms with Crippen LogP contribution in [-0.2, 0) is 6.54 Å². The summed E-state index contributed by atoms with van der Waals surface area (Å²) in [5.41, 5.74) is 9.61. The molecule has 2 aromatic carbocycles. The zero-order valence-electron chi connectivity index (χ0n) is 11.4. The number of nitrogens with two attached hydrogens (primary N) is 1. The summed E-state index contributed by atoms with van der Waals surface area (Å²) in [5.74, 6) is 0.753. The first-order valence-electron chi connectivity index (χ1n) is 6.67. The molecule has 104 valence electrons. The Labute approximate surface area is 123 Å². The highest BCUT2D eigenvalue weighted by molar-refractivity contribution is 5.82. The van der Waals surface area contributed by atoms with Crippen LogP contribution >= 0.6 is 0 Å². The van der Waals surface area contributed by atoms with E-state index in [-0.39, 0.29) is 0 Å².